The van der Waals surface area contributed by atoms with Crippen LogP contribution in [0.15, 0.2) is 12.1 Å². The molecule has 1 amide bonds. The number of amides is 1. The van der Waals surface area contributed by atoms with Crippen molar-refractivity contribution >= 4 is 23.2 Å². The van der Waals surface area contributed by atoms with Gasteiger partial charge in [-0.3, -0.25) is 4.79 Å². The Morgan fingerprint density at radius 2 is 2.18 bits per heavy atom. The lowest BCUT2D eigenvalue weighted by molar-refractivity contribution is -0.143. The number of hydrogen-bond acceptors (Lipinski definition) is 3. The van der Waals surface area contributed by atoms with E-state index in [2.05, 4.69) is 0 Å². The van der Waals surface area contributed by atoms with E-state index in [0.717, 1.165) is 17.7 Å². The Morgan fingerprint density at radius 1 is 1.41 bits per heavy atom. The van der Waals surface area contributed by atoms with E-state index >= 15 is 0 Å². The minimum Gasteiger partial charge on any atom is -0.480 e. The summed E-state index contributed by atoms with van der Waals surface area (Å²) < 4.78 is 0. The van der Waals surface area contributed by atoms with E-state index in [1.807, 2.05) is 13.0 Å². The van der Waals surface area contributed by atoms with Gasteiger partial charge in [0.2, 0.25) is 0 Å². The van der Waals surface area contributed by atoms with E-state index in [1.54, 1.807) is 6.07 Å². The molecule has 0 radical (unpaired) electrons. The summed E-state index contributed by atoms with van der Waals surface area (Å²) in [6, 6.07) is 3.01. The predicted molar refractivity (Wildman–Crippen MR) is 65.4 cm³/mol. The fraction of sp³-hybridized carbons (Fsp3) is 0.500. The zero-order valence-corrected chi connectivity index (χ0v) is 10.5. The average Bonchev–Trinajstić information content (AvgIpc) is 2.75. The van der Waals surface area contributed by atoms with Gasteiger partial charge in [-0.25, -0.2) is 4.79 Å². The summed E-state index contributed by atoms with van der Waals surface area (Å²) in [4.78, 5) is 26.5. The van der Waals surface area contributed by atoms with Crippen LogP contribution >= 0.6 is 11.3 Å². The van der Waals surface area contributed by atoms with Crippen molar-refractivity contribution in [1.82, 2.24) is 4.90 Å². The Bertz CT molecular complexity index is 441. The first-order valence-electron chi connectivity index (χ1n) is 5.70. The number of piperidine rings is 1. The number of carbonyl (C=O) groups is 2. The molecule has 0 spiro atoms. The first-order chi connectivity index (χ1) is 8.09. The third kappa shape index (κ3) is 2.49. The quantitative estimate of drug-likeness (QED) is 0.878. The van der Waals surface area contributed by atoms with Crippen molar-refractivity contribution in [2.75, 3.05) is 6.54 Å². The average molecular weight is 253 g/mol. The predicted octanol–water partition coefficient (Wildman–Crippen LogP) is 2.14. The summed E-state index contributed by atoms with van der Waals surface area (Å²) in [6.45, 7) is 2.49. The molecule has 4 nitrogen and oxygen atoms in total. The van der Waals surface area contributed by atoms with Crippen LogP contribution in [0.1, 0.15) is 33.8 Å². The third-order valence-corrected chi connectivity index (χ3v) is 3.99. The number of likely N-dealkylation sites (tertiary alicyclic amines) is 1. The highest BCUT2D eigenvalue weighted by Gasteiger charge is 2.32. The monoisotopic (exact) mass is 253 g/mol. The molecule has 1 unspecified atom stereocenters. The number of rotatable bonds is 2. The summed E-state index contributed by atoms with van der Waals surface area (Å²) in [7, 11) is 0. The van der Waals surface area contributed by atoms with Crippen LogP contribution in [-0.4, -0.2) is 34.5 Å². The first kappa shape index (κ1) is 12.1. The fourth-order valence-electron chi connectivity index (χ4n) is 2.12. The van der Waals surface area contributed by atoms with Crippen molar-refractivity contribution < 1.29 is 14.7 Å². The van der Waals surface area contributed by atoms with Crippen LogP contribution in [-0.2, 0) is 4.79 Å². The van der Waals surface area contributed by atoms with Gasteiger partial charge in [0, 0.05) is 11.4 Å². The van der Waals surface area contributed by atoms with E-state index in [9.17, 15) is 9.59 Å². The van der Waals surface area contributed by atoms with Crippen molar-refractivity contribution in [3.63, 3.8) is 0 Å². The van der Waals surface area contributed by atoms with Gasteiger partial charge in [-0.15, -0.1) is 11.3 Å². The standard InChI is InChI=1S/C12H15NO3S/c1-8-5-6-10(17-8)11(14)13-7-3-2-4-9(13)12(15)16/h5-6,9H,2-4,7H2,1H3,(H,15,16). The van der Waals surface area contributed by atoms with Crippen LogP contribution in [0, 0.1) is 6.92 Å². The second-order valence-electron chi connectivity index (χ2n) is 4.26. The number of thiophene rings is 1. The lowest BCUT2D eigenvalue weighted by Crippen LogP contribution is -2.47. The maximum Gasteiger partial charge on any atom is 0.326 e. The molecule has 1 aromatic rings. The molecular formula is C12H15NO3S. The van der Waals surface area contributed by atoms with Crippen molar-refractivity contribution in [1.29, 1.82) is 0 Å². The zero-order chi connectivity index (χ0) is 12.4. The summed E-state index contributed by atoms with van der Waals surface area (Å²) in [6.07, 6.45) is 2.33. The van der Waals surface area contributed by atoms with Crippen LogP contribution in [0.3, 0.4) is 0 Å². The Balaban J connectivity index is 2.19. The van der Waals surface area contributed by atoms with Crippen LogP contribution in [0.25, 0.3) is 0 Å². The number of carboxylic acids is 1. The van der Waals surface area contributed by atoms with Gasteiger partial charge in [0.25, 0.3) is 5.91 Å². The van der Waals surface area contributed by atoms with Gasteiger partial charge in [-0.1, -0.05) is 0 Å². The molecule has 1 saturated heterocycles. The van der Waals surface area contributed by atoms with Gasteiger partial charge in [0.1, 0.15) is 6.04 Å². The summed E-state index contributed by atoms with van der Waals surface area (Å²) in [5, 5.41) is 9.12. The fourth-order valence-corrected chi connectivity index (χ4v) is 2.95. The number of aliphatic carboxylic acids is 1. The summed E-state index contributed by atoms with van der Waals surface area (Å²) >= 11 is 1.42. The molecule has 2 rings (SSSR count). The van der Waals surface area contributed by atoms with Crippen LogP contribution in [0.5, 0.6) is 0 Å². The molecule has 1 N–H and O–H groups in total. The number of carbonyl (C=O) groups excluding carboxylic acids is 1. The van der Waals surface area contributed by atoms with Crippen LogP contribution in [0.4, 0.5) is 0 Å². The molecule has 0 aromatic carbocycles. The molecule has 0 bridgehead atoms. The Kier molecular flexibility index (Phi) is 3.47. The normalized spacial score (nSPS) is 20.3. The number of carboxylic acid groups (broad SMARTS) is 1. The lowest BCUT2D eigenvalue weighted by Gasteiger charge is -2.32. The number of aryl methyl sites for hydroxylation is 1. The molecule has 1 aromatic heterocycles. The van der Waals surface area contributed by atoms with E-state index in [4.69, 9.17) is 5.11 Å². The molecule has 1 fully saturated rings. The van der Waals surface area contributed by atoms with Gasteiger partial charge in [0.05, 0.1) is 4.88 Å². The summed E-state index contributed by atoms with van der Waals surface area (Å²) in [5.74, 6) is -1.04. The van der Waals surface area contributed by atoms with Crippen molar-refractivity contribution in [3.8, 4) is 0 Å². The Morgan fingerprint density at radius 3 is 2.76 bits per heavy atom. The molecule has 0 saturated carbocycles. The van der Waals surface area contributed by atoms with Crippen molar-refractivity contribution in [2.45, 2.75) is 32.2 Å². The van der Waals surface area contributed by atoms with Gasteiger partial charge in [-0.05, 0) is 38.3 Å². The highest BCUT2D eigenvalue weighted by atomic mass is 32.1. The van der Waals surface area contributed by atoms with E-state index in [-0.39, 0.29) is 5.91 Å². The first-order valence-corrected chi connectivity index (χ1v) is 6.51. The van der Waals surface area contributed by atoms with Crippen LogP contribution in [0.2, 0.25) is 0 Å². The van der Waals surface area contributed by atoms with Crippen LogP contribution < -0.4 is 0 Å². The van der Waals surface area contributed by atoms with E-state index in [0.29, 0.717) is 17.8 Å². The largest absolute Gasteiger partial charge is 0.480 e. The lowest BCUT2D eigenvalue weighted by atomic mass is 10.0. The van der Waals surface area contributed by atoms with E-state index in [1.165, 1.54) is 16.2 Å². The molecule has 92 valence electrons. The summed E-state index contributed by atoms with van der Waals surface area (Å²) in [5.41, 5.74) is 0. The molecular weight excluding hydrogens is 238 g/mol. The minimum atomic E-state index is -0.897. The van der Waals surface area contributed by atoms with Gasteiger partial charge in [0.15, 0.2) is 0 Å². The molecule has 1 aliphatic heterocycles. The smallest absolute Gasteiger partial charge is 0.326 e. The molecule has 2 heterocycles. The highest BCUT2D eigenvalue weighted by Crippen LogP contribution is 2.23. The SMILES string of the molecule is Cc1ccc(C(=O)N2CCCCC2C(=O)O)s1. The van der Waals surface area contributed by atoms with E-state index < -0.39 is 12.0 Å². The topological polar surface area (TPSA) is 57.6 Å². The maximum absolute atomic E-state index is 12.2. The van der Waals surface area contributed by atoms with Crippen molar-refractivity contribution in [3.05, 3.63) is 21.9 Å². The molecule has 0 aliphatic carbocycles. The molecule has 1 aliphatic rings. The maximum atomic E-state index is 12.2. The minimum absolute atomic E-state index is 0.143. The zero-order valence-electron chi connectivity index (χ0n) is 9.68. The molecule has 17 heavy (non-hydrogen) atoms. The second kappa shape index (κ2) is 4.87. The third-order valence-electron chi connectivity index (χ3n) is 3.00. The number of hydrogen-bond donors (Lipinski definition) is 1. The van der Waals surface area contributed by atoms with Gasteiger partial charge < -0.3 is 10.0 Å². The second-order valence-corrected chi connectivity index (χ2v) is 5.55. The Labute approximate surface area is 104 Å². The number of nitrogens with zero attached hydrogens (tertiary/aromatic N) is 1. The van der Waals surface area contributed by atoms with Gasteiger partial charge in [-0.2, -0.15) is 0 Å². The molecule has 1 atom stereocenters. The molecule has 5 heteroatoms. The Hall–Kier alpha value is -1.36. The van der Waals surface area contributed by atoms with Gasteiger partial charge >= 0.3 is 5.97 Å². The van der Waals surface area contributed by atoms with Crippen molar-refractivity contribution in [2.24, 2.45) is 0 Å². The highest BCUT2D eigenvalue weighted by molar-refractivity contribution is 7.13.